The number of hydrogen-bond acceptors (Lipinski definition) is 16. The molecule has 0 spiro atoms. The highest BCUT2D eigenvalue weighted by atomic mass is 16.7. The topological polar surface area (TPSA) is 253 Å². The molecule has 18 heteroatoms. The van der Waals surface area contributed by atoms with Crippen molar-refractivity contribution in [3.8, 4) is 0 Å². The van der Waals surface area contributed by atoms with Gasteiger partial charge in [0.2, 0.25) is 11.8 Å². The Bertz CT molecular complexity index is 843. The predicted molar refractivity (Wildman–Crippen MR) is 151 cm³/mol. The first-order valence-corrected chi connectivity index (χ1v) is 14.9. The molecule has 2 heterocycles. The number of amides is 2. The summed E-state index contributed by atoms with van der Waals surface area (Å²) in [7, 11) is 0. The summed E-state index contributed by atoms with van der Waals surface area (Å²) in [5.74, 6) is -0.885. The van der Waals surface area contributed by atoms with E-state index in [1.54, 1.807) is 0 Å². The van der Waals surface area contributed by atoms with Crippen LogP contribution in [-0.2, 0) is 47.5 Å². The molecule has 2 saturated heterocycles. The van der Waals surface area contributed by atoms with Crippen LogP contribution < -0.4 is 10.6 Å². The van der Waals surface area contributed by atoms with Gasteiger partial charge in [-0.15, -0.1) is 0 Å². The molecule has 0 aromatic heterocycles. The van der Waals surface area contributed by atoms with Crippen molar-refractivity contribution in [2.45, 2.75) is 88.2 Å². The highest BCUT2D eigenvalue weighted by Gasteiger charge is 2.46. The van der Waals surface area contributed by atoms with Gasteiger partial charge in [0.25, 0.3) is 0 Å². The van der Waals surface area contributed by atoms with Gasteiger partial charge >= 0.3 is 0 Å². The summed E-state index contributed by atoms with van der Waals surface area (Å²) >= 11 is 0. The molecule has 2 aliphatic rings. The molecule has 8 N–H and O–H groups in total. The number of rotatable bonds is 21. The Labute approximate surface area is 261 Å². The van der Waals surface area contributed by atoms with E-state index in [0.29, 0.717) is 13.2 Å². The molecule has 0 bridgehead atoms. The van der Waals surface area contributed by atoms with Crippen molar-refractivity contribution in [2.75, 3.05) is 72.7 Å². The van der Waals surface area contributed by atoms with Crippen LogP contribution in [0.25, 0.3) is 0 Å². The summed E-state index contributed by atoms with van der Waals surface area (Å²) < 4.78 is 44.2. The Balaban J connectivity index is 1.50. The van der Waals surface area contributed by atoms with E-state index in [0.717, 1.165) is 0 Å². The van der Waals surface area contributed by atoms with E-state index in [1.165, 1.54) is 13.8 Å². The third kappa shape index (κ3) is 13.6. The van der Waals surface area contributed by atoms with Crippen molar-refractivity contribution in [1.82, 2.24) is 10.6 Å². The largest absolute Gasteiger partial charge is 0.394 e. The third-order valence-electron chi connectivity index (χ3n) is 6.88. The summed E-state index contributed by atoms with van der Waals surface area (Å²) in [6, 6.07) is -2.04. The second-order valence-corrected chi connectivity index (χ2v) is 10.6. The lowest BCUT2D eigenvalue weighted by atomic mass is 9.97. The summed E-state index contributed by atoms with van der Waals surface area (Å²) in [5, 5.41) is 64.3. The van der Waals surface area contributed by atoms with Crippen LogP contribution >= 0.6 is 0 Å². The van der Waals surface area contributed by atoms with Crippen LogP contribution in [0.15, 0.2) is 0 Å². The average Bonchev–Trinajstić information content (AvgIpc) is 3.00. The van der Waals surface area contributed by atoms with E-state index >= 15 is 0 Å². The third-order valence-corrected chi connectivity index (χ3v) is 6.88. The van der Waals surface area contributed by atoms with Gasteiger partial charge in [0.05, 0.1) is 78.8 Å². The van der Waals surface area contributed by atoms with Gasteiger partial charge in [0, 0.05) is 13.8 Å². The smallest absolute Gasteiger partial charge is 0.217 e. The van der Waals surface area contributed by atoms with E-state index < -0.39 is 86.3 Å². The maximum atomic E-state index is 11.5. The van der Waals surface area contributed by atoms with Gasteiger partial charge in [0.15, 0.2) is 12.6 Å². The number of carbonyl (C=O) groups excluding carboxylic acids is 2. The Hall–Kier alpha value is -1.62. The van der Waals surface area contributed by atoms with Gasteiger partial charge in [0.1, 0.15) is 48.7 Å². The van der Waals surface area contributed by atoms with Crippen molar-refractivity contribution in [2.24, 2.45) is 0 Å². The highest BCUT2D eigenvalue weighted by molar-refractivity contribution is 5.73. The first-order valence-electron chi connectivity index (χ1n) is 14.9. The Morgan fingerprint density at radius 2 is 1.04 bits per heavy atom. The van der Waals surface area contributed by atoms with E-state index in [9.17, 15) is 40.2 Å². The molecule has 0 aliphatic carbocycles. The minimum Gasteiger partial charge on any atom is -0.394 e. The lowest BCUT2D eigenvalue weighted by Gasteiger charge is -2.42. The number of nitrogens with one attached hydrogen (secondary N) is 2. The van der Waals surface area contributed by atoms with E-state index in [-0.39, 0.29) is 52.4 Å². The molecule has 2 amide bonds. The molecule has 2 aliphatic heterocycles. The molecule has 5 unspecified atom stereocenters. The maximum absolute atomic E-state index is 11.5. The summed E-state index contributed by atoms with van der Waals surface area (Å²) in [5.41, 5.74) is 0. The van der Waals surface area contributed by atoms with Crippen LogP contribution in [0.1, 0.15) is 20.8 Å². The standard InChI is InChI=1S/C27H50N2O16/c1-15(41-9-6-39-8-11-43-27-21(29-17(3)33)25(37)23(35)19(13-31)45-27)14-40-5-4-38-7-10-42-26-20(28-16(2)32)24(36)22(34)18(12-30)44-26/h15,18-27,30-31,34-37H,4-14H2,1-3H3,(H,28,32)(H,29,33)/t15?,18?,19?,20?,21?,22-,23-,24+,25+,26+,27+/m0/s1. The molecule has 0 saturated carbocycles. The zero-order valence-corrected chi connectivity index (χ0v) is 25.9. The van der Waals surface area contributed by atoms with Gasteiger partial charge in [-0.05, 0) is 6.92 Å². The molecule has 45 heavy (non-hydrogen) atoms. The molecule has 2 rings (SSSR count). The zero-order valence-electron chi connectivity index (χ0n) is 25.9. The van der Waals surface area contributed by atoms with E-state index in [4.69, 9.17) is 37.9 Å². The molecule has 0 aromatic carbocycles. The van der Waals surface area contributed by atoms with E-state index in [1.807, 2.05) is 6.92 Å². The number of ether oxygens (including phenoxy) is 8. The van der Waals surface area contributed by atoms with Gasteiger partial charge in [-0.1, -0.05) is 0 Å². The highest BCUT2D eigenvalue weighted by Crippen LogP contribution is 2.23. The minimum atomic E-state index is -1.39. The van der Waals surface area contributed by atoms with Gasteiger partial charge in [-0.3, -0.25) is 9.59 Å². The quantitative estimate of drug-likeness (QED) is 0.0540. The van der Waals surface area contributed by atoms with E-state index in [2.05, 4.69) is 10.6 Å². The van der Waals surface area contributed by atoms with Crippen LogP contribution in [0.5, 0.6) is 0 Å². The van der Waals surface area contributed by atoms with Crippen molar-refractivity contribution in [3.05, 3.63) is 0 Å². The lowest BCUT2D eigenvalue weighted by Crippen LogP contribution is -2.64. The van der Waals surface area contributed by atoms with Crippen molar-refractivity contribution >= 4 is 11.8 Å². The average molecular weight is 659 g/mol. The summed E-state index contributed by atoms with van der Waals surface area (Å²) in [6.07, 6.45) is -10.1. The monoisotopic (exact) mass is 658 g/mol. The van der Waals surface area contributed by atoms with Crippen molar-refractivity contribution < 1.29 is 78.1 Å². The molecular formula is C27H50N2O16. The normalized spacial score (nSPS) is 32.6. The number of aliphatic hydroxyl groups is 6. The van der Waals surface area contributed by atoms with Gasteiger partial charge in [-0.25, -0.2) is 0 Å². The molecule has 2 fully saturated rings. The number of hydrogen-bond donors (Lipinski definition) is 8. The van der Waals surface area contributed by atoms with Gasteiger partial charge in [-0.2, -0.15) is 0 Å². The number of aliphatic hydroxyl groups excluding tert-OH is 6. The summed E-state index contributed by atoms with van der Waals surface area (Å²) in [4.78, 5) is 22.9. The SMILES string of the molecule is CC(=O)NC1[C@H](OCCOCCOCC(C)OCCOCCO[C@@H]2OC(CO)[C@H](O)[C@H](O)C2NC(C)=O)OC(CO)[C@H](O)[C@@H]1O. The second-order valence-electron chi connectivity index (χ2n) is 10.6. The maximum Gasteiger partial charge on any atom is 0.217 e. The van der Waals surface area contributed by atoms with Crippen LogP contribution in [0.4, 0.5) is 0 Å². The Kier molecular flexibility index (Phi) is 18.7. The fraction of sp³-hybridized carbons (Fsp3) is 0.926. The second kappa shape index (κ2) is 21.3. The fourth-order valence-electron chi connectivity index (χ4n) is 4.60. The molecule has 264 valence electrons. The predicted octanol–water partition coefficient (Wildman–Crippen LogP) is -4.64. The Morgan fingerprint density at radius 1 is 0.644 bits per heavy atom. The summed E-state index contributed by atoms with van der Waals surface area (Å²) in [6.45, 7) is 5.14. The molecule has 11 atom stereocenters. The molecule has 0 aromatic rings. The molecular weight excluding hydrogens is 608 g/mol. The molecule has 18 nitrogen and oxygen atoms in total. The van der Waals surface area contributed by atoms with Crippen molar-refractivity contribution in [1.29, 1.82) is 0 Å². The first-order chi connectivity index (χ1) is 21.5. The molecule has 0 radical (unpaired) electrons. The van der Waals surface area contributed by atoms with Crippen LogP contribution in [0.2, 0.25) is 0 Å². The zero-order chi connectivity index (χ0) is 33.4. The van der Waals surface area contributed by atoms with Crippen LogP contribution in [-0.4, -0.2) is 183 Å². The Morgan fingerprint density at radius 3 is 1.47 bits per heavy atom. The lowest BCUT2D eigenvalue weighted by molar-refractivity contribution is -0.272. The fourth-order valence-corrected chi connectivity index (χ4v) is 4.60. The minimum absolute atomic E-state index is 0.0588. The van der Waals surface area contributed by atoms with Crippen molar-refractivity contribution in [3.63, 3.8) is 0 Å². The first kappa shape index (κ1) is 39.6. The van der Waals surface area contributed by atoms with Crippen LogP contribution in [0.3, 0.4) is 0 Å². The number of carbonyl (C=O) groups is 2. The van der Waals surface area contributed by atoms with Crippen LogP contribution in [0, 0.1) is 0 Å². The van der Waals surface area contributed by atoms with Gasteiger partial charge < -0.3 is 79.2 Å².